The number of thiophene rings is 2. The van der Waals surface area contributed by atoms with Crippen molar-refractivity contribution in [3.8, 4) is 16.2 Å². The lowest BCUT2D eigenvalue weighted by Gasteiger charge is -2.10. The average molecular weight is 498 g/mol. The molecule has 1 aromatic carbocycles. The Morgan fingerprint density at radius 3 is 2.62 bits per heavy atom. The van der Waals surface area contributed by atoms with Gasteiger partial charge in [0.1, 0.15) is 22.9 Å². The Morgan fingerprint density at radius 1 is 1.15 bits per heavy atom. The summed E-state index contributed by atoms with van der Waals surface area (Å²) >= 11 is 2.81. The number of esters is 1. The molecule has 0 aliphatic rings. The average Bonchev–Trinajstić information content (AvgIpc) is 3.58. The molecule has 0 saturated heterocycles. The van der Waals surface area contributed by atoms with E-state index in [1.54, 1.807) is 35.9 Å². The predicted molar refractivity (Wildman–Crippen MR) is 131 cm³/mol. The molecule has 1 N–H and O–H groups in total. The Labute approximate surface area is 204 Å². The molecule has 4 aromatic rings. The standard InChI is InChI=1S/C23H23N5O4S2/c1-4-31-23(30)20-17(18-6-5-11-33-18)13-34-22(20)24-21(29)15-7-9-16(10-8-15)32-12-19-25-26-27-28(19)14(2)3/h5-11,13-14H,4,12H2,1-3H3,(H,24,29). The summed E-state index contributed by atoms with van der Waals surface area (Å²) in [6, 6.07) is 10.7. The molecule has 3 aromatic heterocycles. The minimum absolute atomic E-state index is 0.122. The maximum absolute atomic E-state index is 12.9. The third-order valence-electron chi connectivity index (χ3n) is 4.82. The number of tetrazole rings is 1. The van der Waals surface area contributed by atoms with Crippen LogP contribution in [0, 0.1) is 0 Å². The first-order valence-electron chi connectivity index (χ1n) is 10.6. The van der Waals surface area contributed by atoms with Crippen LogP contribution in [-0.4, -0.2) is 38.7 Å². The van der Waals surface area contributed by atoms with Crippen LogP contribution in [0.3, 0.4) is 0 Å². The fourth-order valence-corrected chi connectivity index (χ4v) is 4.97. The van der Waals surface area contributed by atoms with Crippen molar-refractivity contribution in [2.45, 2.75) is 33.4 Å². The first-order valence-corrected chi connectivity index (χ1v) is 12.4. The normalized spacial score (nSPS) is 10.9. The highest BCUT2D eigenvalue weighted by molar-refractivity contribution is 7.17. The molecule has 0 saturated carbocycles. The number of carbonyl (C=O) groups excluding carboxylic acids is 2. The van der Waals surface area contributed by atoms with Gasteiger partial charge >= 0.3 is 5.97 Å². The summed E-state index contributed by atoms with van der Waals surface area (Å²) in [6.45, 7) is 6.17. The second-order valence-electron chi connectivity index (χ2n) is 7.45. The van der Waals surface area contributed by atoms with Crippen molar-refractivity contribution in [2.75, 3.05) is 11.9 Å². The molecule has 0 bridgehead atoms. The Balaban J connectivity index is 1.47. The van der Waals surface area contributed by atoms with E-state index in [1.165, 1.54) is 22.7 Å². The zero-order valence-corrected chi connectivity index (χ0v) is 20.5. The number of hydrogen-bond donors (Lipinski definition) is 1. The van der Waals surface area contributed by atoms with Crippen molar-refractivity contribution in [1.29, 1.82) is 0 Å². The monoisotopic (exact) mass is 497 g/mol. The molecule has 0 fully saturated rings. The van der Waals surface area contributed by atoms with Gasteiger partial charge < -0.3 is 14.8 Å². The lowest BCUT2D eigenvalue weighted by molar-refractivity contribution is 0.0529. The molecule has 11 heteroatoms. The Bertz CT molecular complexity index is 1260. The van der Waals surface area contributed by atoms with Crippen LogP contribution in [-0.2, 0) is 11.3 Å². The number of anilines is 1. The third-order valence-corrected chi connectivity index (χ3v) is 6.62. The minimum Gasteiger partial charge on any atom is -0.486 e. The summed E-state index contributed by atoms with van der Waals surface area (Å²) in [6.07, 6.45) is 0. The number of amides is 1. The van der Waals surface area contributed by atoms with Crippen molar-refractivity contribution in [1.82, 2.24) is 20.2 Å². The van der Waals surface area contributed by atoms with Gasteiger partial charge in [0.05, 0.1) is 12.6 Å². The molecule has 0 spiro atoms. The summed E-state index contributed by atoms with van der Waals surface area (Å²) in [7, 11) is 0. The molecule has 9 nitrogen and oxygen atoms in total. The van der Waals surface area contributed by atoms with Crippen LogP contribution in [0.15, 0.2) is 47.2 Å². The quantitative estimate of drug-likeness (QED) is 0.322. The van der Waals surface area contributed by atoms with E-state index in [0.29, 0.717) is 27.7 Å². The van der Waals surface area contributed by atoms with E-state index in [9.17, 15) is 9.59 Å². The molecule has 0 aliphatic carbocycles. The molecular weight excluding hydrogens is 474 g/mol. The molecular formula is C23H23N5O4S2. The van der Waals surface area contributed by atoms with Crippen molar-refractivity contribution in [3.63, 3.8) is 0 Å². The number of aromatic nitrogens is 4. The molecule has 0 unspecified atom stereocenters. The van der Waals surface area contributed by atoms with Crippen LogP contribution in [0.25, 0.3) is 10.4 Å². The lowest BCUT2D eigenvalue weighted by atomic mass is 10.1. The van der Waals surface area contributed by atoms with Gasteiger partial charge in [-0.05, 0) is 66.9 Å². The Hall–Kier alpha value is -3.57. The molecule has 1 amide bonds. The van der Waals surface area contributed by atoms with E-state index in [2.05, 4.69) is 20.8 Å². The van der Waals surface area contributed by atoms with Gasteiger partial charge in [-0.25, -0.2) is 9.48 Å². The van der Waals surface area contributed by atoms with Crippen LogP contribution in [0.1, 0.15) is 53.4 Å². The van der Waals surface area contributed by atoms with Crippen LogP contribution < -0.4 is 10.1 Å². The van der Waals surface area contributed by atoms with Gasteiger partial charge in [-0.2, -0.15) is 0 Å². The minimum atomic E-state index is -0.463. The number of ether oxygens (including phenoxy) is 2. The van der Waals surface area contributed by atoms with Gasteiger partial charge in [0.2, 0.25) is 0 Å². The fourth-order valence-electron chi connectivity index (χ4n) is 3.20. The third kappa shape index (κ3) is 5.15. The van der Waals surface area contributed by atoms with Gasteiger partial charge in [0.25, 0.3) is 5.91 Å². The van der Waals surface area contributed by atoms with E-state index in [0.717, 1.165) is 10.4 Å². The maximum atomic E-state index is 12.9. The number of nitrogens with zero attached hydrogens (tertiary/aromatic N) is 4. The number of benzene rings is 1. The highest BCUT2D eigenvalue weighted by atomic mass is 32.1. The topological polar surface area (TPSA) is 108 Å². The Kier molecular flexibility index (Phi) is 7.33. The molecule has 176 valence electrons. The zero-order chi connectivity index (χ0) is 24.1. The Morgan fingerprint density at radius 2 is 1.94 bits per heavy atom. The lowest BCUT2D eigenvalue weighted by Crippen LogP contribution is -2.14. The van der Waals surface area contributed by atoms with Crippen LogP contribution in [0.5, 0.6) is 5.75 Å². The first-order chi connectivity index (χ1) is 16.5. The van der Waals surface area contributed by atoms with Gasteiger partial charge in [-0.3, -0.25) is 4.79 Å². The summed E-state index contributed by atoms with van der Waals surface area (Å²) in [5, 5.41) is 18.7. The largest absolute Gasteiger partial charge is 0.486 e. The van der Waals surface area contributed by atoms with E-state index in [4.69, 9.17) is 9.47 Å². The number of nitrogens with one attached hydrogen (secondary N) is 1. The number of hydrogen-bond acceptors (Lipinski definition) is 9. The van der Waals surface area contributed by atoms with E-state index < -0.39 is 5.97 Å². The number of rotatable bonds is 9. The maximum Gasteiger partial charge on any atom is 0.341 e. The van der Waals surface area contributed by atoms with Crippen molar-refractivity contribution >= 4 is 39.6 Å². The molecule has 0 radical (unpaired) electrons. The highest BCUT2D eigenvalue weighted by Crippen LogP contribution is 2.38. The van der Waals surface area contributed by atoms with Crippen LogP contribution >= 0.6 is 22.7 Å². The summed E-state index contributed by atoms with van der Waals surface area (Å²) in [4.78, 5) is 26.5. The molecule has 0 aliphatic heterocycles. The van der Waals surface area contributed by atoms with Crippen LogP contribution in [0.2, 0.25) is 0 Å². The molecule has 34 heavy (non-hydrogen) atoms. The van der Waals surface area contributed by atoms with Gasteiger partial charge in [0.15, 0.2) is 5.82 Å². The second-order valence-corrected chi connectivity index (χ2v) is 9.28. The molecule has 0 atom stereocenters. The SMILES string of the molecule is CCOC(=O)c1c(-c2cccs2)csc1NC(=O)c1ccc(OCc2nnnn2C(C)C)cc1. The second kappa shape index (κ2) is 10.6. The molecule has 3 heterocycles. The predicted octanol–water partition coefficient (Wildman–Crippen LogP) is 5.05. The van der Waals surface area contributed by atoms with Gasteiger partial charge in [-0.15, -0.1) is 27.8 Å². The fraction of sp³-hybridized carbons (Fsp3) is 0.261. The highest BCUT2D eigenvalue weighted by Gasteiger charge is 2.23. The number of carbonyl (C=O) groups is 2. The van der Waals surface area contributed by atoms with Crippen molar-refractivity contribution in [3.05, 3.63) is 64.1 Å². The van der Waals surface area contributed by atoms with Crippen molar-refractivity contribution < 1.29 is 19.1 Å². The first kappa shape index (κ1) is 23.6. The van der Waals surface area contributed by atoms with Crippen LogP contribution in [0.4, 0.5) is 5.00 Å². The van der Waals surface area contributed by atoms with E-state index >= 15 is 0 Å². The van der Waals surface area contributed by atoms with E-state index in [-0.39, 0.29) is 25.2 Å². The van der Waals surface area contributed by atoms with Gasteiger partial charge in [0, 0.05) is 21.4 Å². The van der Waals surface area contributed by atoms with Crippen molar-refractivity contribution in [2.24, 2.45) is 0 Å². The summed E-state index contributed by atoms with van der Waals surface area (Å²) < 4.78 is 12.7. The molecule has 4 rings (SSSR count). The van der Waals surface area contributed by atoms with Gasteiger partial charge in [-0.1, -0.05) is 6.07 Å². The summed E-state index contributed by atoms with van der Waals surface area (Å²) in [5.74, 6) is 0.399. The zero-order valence-electron chi connectivity index (χ0n) is 18.8. The smallest absolute Gasteiger partial charge is 0.341 e. The van der Waals surface area contributed by atoms with E-state index in [1.807, 2.05) is 36.7 Å². The summed E-state index contributed by atoms with van der Waals surface area (Å²) in [5.41, 5.74) is 1.55.